The van der Waals surface area contributed by atoms with Crippen LogP contribution in [0.1, 0.15) is 75.7 Å². The Morgan fingerprint density at radius 3 is 2.08 bits per heavy atom. The summed E-state index contributed by atoms with van der Waals surface area (Å²) in [5, 5.41) is 0.0160. The second-order valence-electron chi connectivity index (χ2n) is 15.5. The average molecular weight is 591 g/mol. The molecule has 1 aliphatic carbocycles. The van der Waals surface area contributed by atoms with E-state index < -0.39 is 45.5 Å². The molecule has 2 heterocycles. The Morgan fingerprint density at radius 2 is 1.57 bits per heavy atom. The van der Waals surface area contributed by atoms with Gasteiger partial charge in [0.15, 0.2) is 39.4 Å². The van der Waals surface area contributed by atoms with Crippen LogP contribution in [0.2, 0.25) is 36.3 Å². The van der Waals surface area contributed by atoms with E-state index in [4.69, 9.17) is 27.8 Å². The molecule has 0 radical (unpaired) electrons. The maximum Gasteiger partial charge on any atom is 0.194 e. The van der Waals surface area contributed by atoms with Gasteiger partial charge in [0.05, 0.1) is 13.2 Å². The summed E-state index contributed by atoms with van der Waals surface area (Å²) < 4.78 is 39.3. The molecule has 226 valence electrons. The van der Waals surface area contributed by atoms with Crippen LogP contribution in [0.4, 0.5) is 0 Å². The van der Waals surface area contributed by atoms with E-state index in [-0.39, 0.29) is 16.2 Å². The van der Waals surface area contributed by atoms with Crippen molar-refractivity contribution in [1.82, 2.24) is 0 Å². The predicted octanol–water partition coefficient (Wildman–Crippen LogP) is 7.49. The van der Waals surface area contributed by atoms with Gasteiger partial charge in [-0.25, -0.2) is 0 Å². The molecular weight excluding hydrogens is 537 g/mol. The van der Waals surface area contributed by atoms with Crippen molar-refractivity contribution in [2.75, 3.05) is 13.2 Å². The monoisotopic (exact) mass is 590 g/mol. The normalized spacial score (nSPS) is 29.6. The van der Waals surface area contributed by atoms with Gasteiger partial charge in [0.1, 0.15) is 12.2 Å². The highest BCUT2D eigenvalue weighted by molar-refractivity contribution is 6.74. The SMILES string of the molecule is C=C=C[C@](C#CC1=CC[C@H]2OC(C)(C)O[C@@]12CO[Si](C)(C)C(C)(C)C)(O[Si](C)(C)C(C)(C)C)[C@@H]1COC(C)(C)O1. The number of fused-ring (bicyclic) bond motifs is 1. The summed E-state index contributed by atoms with van der Waals surface area (Å²) in [6.07, 6.45) is 4.03. The van der Waals surface area contributed by atoms with Gasteiger partial charge in [-0.05, 0) is 70.4 Å². The number of rotatable bonds is 7. The first-order valence-electron chi connectivity index (χ1n) is 14.6. The summed E-state index contributed by atoms with van der Waals surface area (Å²) in [4.78, 5) is 0. The zero-order chi connectivity index (χ0) is 30.6. The summed E-state index contributed by atoms with van der Waals surface area (Å²) in [6, 6.07) is 0. The Bertz CT molecular complexity index is 1110. The summed E-state index contributed by atoms with van der Waals surface area (Å²) in [5.74, 6) is 5.55. The molecule has 0 aromatic carbocycles. The first kappa shape index (κ1) is 33.5. The molecule has 40 heavy (non-hydrogen) atoms. The fraction of sp³-hybridized carbons (Fsp3) is 0.781. The van der Waals surface area contributed by atoms with Crippen molar-refractivity contribution in [1.29, 1.82) is 0 Å². The van der Waals surface area contributed by atoms with Crippen LogP contribution in [-0.2, 0) is 27.8 Å². The maximum atomic E-state index is 7.09. The molecular formula is C32H54O6Si2. The van der Waals surface area contributed by atoms with Crippen LogP contribution >= 0.6 is 0 Å². The molecule has 6 nitrogen and oxygen atoms in total. The molecule has 0 aromatic rings. The smallest absolute Gasteiger partial charge is 0.194 e. The van der Waals surface area contributed by atoms with E-state index in [1.165, 1.54) is 0 Å². The molecule has 0 spiro atoms. The van der Waals surface area contributed by atoms with Crippen LogP contribution in [-0.4, -0.2) is 64.8 Å². The second-order valence-corrected chi connectivity index (χ2v) is 25.0. The summed E-state index contributed by atoms with van der Waals surface area (Å²) in [6.45, 7) is 34.7. The zero-order valence-corrected chi connectivity index (χ0v) is 29.6. The van der Waals surface area contributed by atoms with Crippen LogP contribution in [0.15, 0.2) is 30.0 Å². The van der Waals surface area contributed by atoms with Crippen molar-refractivity contribution in [3.05, 3.63) is 30.0 Å². The molecule has 3 aliphatic rings. The topological polar surface area (TPSA) is 55.4 Å². The van der Waals surface area contributed by atoms with Crippen molar-refractivity contribution < 1.29 is 27.8 Å². The highest BCUT2D eigenvalue weighted by Gasteiger charge is 2.59. The van der Waals surface area contributed by atoms with E-state index in [0.29, 0.717) is 19.6 Å². The van der Waals surface area contributed by atoms with E-state index in [0.717, 1.165) is 5.57 Å². The maximum absolute atomic E-state index is 7.09. The molecule has 2 aliphatic heterocycles. The van der Waals surface area contributed by atoms with Gasteiger partial charge in [-0.3, -0.25) is 0 Å². The average Bonchev–Trinajstić information content (AvgIpc) is 3.37. The van der Waals surface area contributed by atoms with Crippen molar-refractivity contribution in [3.8, 4) is 11.8 Å². The molecule has 4 atom stereocenters. The summed E-state index contributed by atoms with van der Waals surface area (Å²) in [5.41, 5.74) is 1.95. The Morgan fingerprint density at radius 1 is 0.975 bits per heavy atom. The van der Waals surface area contributed by atoms with Gasteiger partial charge < -0.3 is 27.8 Å². The van der Waals surface area contributed by atoms with E-state index in [1.54, 1.807) is 0 Å². The molecule has 2 saturated heterocycles. The lowest BCUT2D eigenvalue weighted by molar-refractivity contribution is -0.162. The molecule has 0 N–H and O–H groups in total. The van der Waals surface area contributed by atoms with Crippen LogP contribution in [0.25, 0.3) is 0 Å². The van der Waals surface area contributed by atoms with Crippen LogP contribution < -0.4 is 0 Å². The minimum Gasteiger partial charge on any atom is -0.413 e. The Labute approximate surface area is 246 Å². The quantitative estimate of drug-likeness (QED) is 0.174. The lowest BCUT2D eigenvalue weighted by atomic mass is 9.92. The molecule has 0 aromatic heterocycles. The standard InChI is InChI=1S/C32H54O6Si2/c1-16-20-31(26-22-33-29(8,9)36-26,38-40(14,15)28(5,6)7)21-19-24-17-18-25-32(24,37-30(10,11)35-25)23-34-39(12,13)27(2,3)4/h17,20,25-26H,1,18,22-23H2,2-15H3/t25-,26+,31-,32+/m1/s1. The number of hydrogen-bond donors (Lipinski definition) is 0. The molecule has 8 heteroatoms. The van der Waals surface area contributed by atoms with E-state index >= 15 is 0 Å². The largest absolute Gasteiger partial charge is 0.413 e. The van der Waals surface area contributed by atoms with Crippen LogP contribution in [0.3, 0.4) is 0 Å². The Kier molecular flexibility index (Phi) is 8.90. The summed E-state index contributed by atoms with van der Waals surface area (Å²) in [7, 11) is -4.40. The fourth-order valence-electron chi connectivity index (χ4n) is 4.81. The van der Waals surface area contributed by atoms with Gasteiger partial charge >= 0.3 is 0 Å². The van der Waals surface area contributed by atoms with Gasteiger partial charge in [-0.15, -0.1) is 5.73 Å². The first-order chi connectivity index (χ1) is 17.9. The molecule has 0 saturated carbocycles. The third kappa shape index (κ3) is 6.64. The van der Waals surface area contributed by atoms with Crippen molar-refractivity contribution in [2.45, 2.75) is 147 Å². The van der Waals surface area contributed by atoms with Crippen molar-refractivity contribution in [2.24, 2.45) is 0 Å². The minimum atomic E-state index is -2.33. The van der Waals surface area contributed by atoms with Gasteiger partial charge in [-0.1, -0.05) is 66.0 Å². The van der Waals surface area contributed by atoms with Gasteiger partial charge in [-0.2, -0.15) is 0 Å². The fourth-order valence-corrected chi connectivity index (χ4v) is 7.21. The molecule has 0 amide bonds. The van der Waals surface area contributed by atoms with Gasteiger partial charge in [0.2, 0.25) is 0 Å². The first-order valence-corrected chi connectivity index (χ1v) is 20.4. The van der Waals surface area contributed by atoms with Crippen molar-refractivity contribution >= 4 is 16.6 Å². The minimum absolute atomic E-state index is 0.0493. The van der Waals surface area contributed by atoms with Crippen LogP contribution in [0, 0.1) is 11.8 Å². The van der Waals surface area contributed by atoms with E-state index in [2.05, 4.69) is 98.0 Å². The lowest BCUT2D eigenvalue weighted by Crippen LogP contribution is -2.54. The second kappa shape index (κ2) is 10.6. The highest BCUT2D eigenvalue weighted by Crippen LogP contribution is 2.49. The Balaban J connectivity index is 2.11. The number of hydrogen-bond acceptors (Lipinski definition) is 6. The highest BCUT2D eigenvalue weighted by atomic mass is 28.4. The molecule has 2 fully saturated rings. The summed E-state index contributed by atoms with van der Waals surface area (Å²) >= 11 is 0. The molecule has 0 unspecified atom stereocenters. The van der Waals surface area contributed by atoms with Gasteiger partial charge in [0, 0.05) is 11.6 Å². The van der Waals surface area contributed by atoms with Crippen LogP contribution in [0.5, 0.6) is 0 Å². The van der Waals surface area contributed by atoms with Gasteiger partial charge in [0.25, 0.3) is 0 Å². The Hall–Kier alpha value is -0.986. The number of ether oxygens (including phenoxy) is 4. The molecule has 0 bridgehead atoms. The third-order valence-corrected chi connectivity index (χ3v) is 18.2. The lowest BCUT2D eigenvalue weighted by Gasteiger charge is -2.44. The van der Waals surface area contributed by atoms with E-state index in [1.807, 2.05) is 33.8 Å². The predicted molar refractivity (Wildman–Crippen MR) is 166 cm³/mol. The zero-order valence-electron chi connectivity index (χ0n) is 27.6. The molecule has 3 rings (SSSR count). The third-order valence-electron chi connectivity index (χ3n) is 9.25. The van der Waals surface area contributed by atoms with Crippen molar-refractivity contribution in [3.63, 3.8) is 0 Å². The van der Waals surface area contributed by atoms with E-state index in [9.17, 15) is 0 Å².